The zero-order valence-electron chi connectivity index (χ0n) is 14.5. The van der Waals surface area contributed by atoms with E-state index in [1.165, 1.54) is 56.9 Å². The number of allylic oxidation sites excluding steroid dienone is 1. The predicted molar refractivity (Wildman–Crippen MR) is 96.2 cm³/mol. The van der Waals surface area contributed by atoms with Crippen LogP contribution in [-0.2, 0) is 0 Å². The Balaban J connectivity index is 1.46. The van der Waals surface area contributed by atoms with Crippen molar-refractivity contribution in [2.24, 2.45) is 17.8 Å². The molecule has 0 atom stereocenters. The highest BCUT2D eigenvalue weighted by Gasteiger charge is 2.30. The van der Waals surface area contributed by atoms with Crippen molar-refractivity contribution >= 4 is 0 Å². The monoisotopic (exact) mass is 325 g/mol. The fraction of sp³-hybridized carbons (Fsp3) is 0.591. The summed E-state index contributed by atoms with van der Waals surface area (Å²) in [7, 11) is 0. The summed E-state index contributed by atoms with van der Waals surface area (Å²) in [5, 5.41) is 8.91. The van der Waals surface area contributed by atoms with Gasteiger partial charge < -0.3 is 0 Å². The van der Waals surface area contributed by atoms with E-state index >= 15 is 0 Å². The van der Waals surface area contributed by atoms with Crippen LogP contribution in [0, 0.1) is 29.1 Å². The van der Waals surface area contributed by atoms with Crippen molar-refractivity contribution in [3.05, 3.63) is 47.8 Å². The van der Waals surface area contributed by atoms with Crippen molar-refractivity contribution < 1.29 is 4.39 Å². The molecule has 1 aromatic rings. The van der Waals surface area contributed by atoms with E-state index in [0.29, 0.717) is 18.2 Å². The van der Waals surface area contributed by atoms with E-state index in [1.807, 2.05) is 12.1 Å². The van der Waals surface area contributed by atoms with E-state index in [1.54, 1.807) is 6.08 Å². The van der Waals surface area contributed by atoms with E-state index in [-0.39, 0.29) is 0 Å². The summed E-state index contributed by atoms with van der Waals surface area (Å²) >= 11 is 0. The van der Waals surface area contributed by atoms with Gasteiger partial charge in [-0.2, -0.15) is 5.26 Å². The second-order valence-electron chi connectivity index (χ2n) is 7.72. The number of nitrogens with zero attached hydrogens (tertiary/aromatic N) is 1. The lowest BCUT2D eigenvalue weighted by atomic mass is 9.68. The number of rotatable bonds is 4. The Bertz CT molecular complexity index is 567. The number of benzene rings is 1. The Kier molecular flexibility index (Phi) is 6.07. The maximum Gasteiger partial charge on any atom is 0.0991 e. The second-order valence-corrected chi connectivity index (χ2v) is 7.72. The van der Waals surface area contributed by atoms with Gasteiger partial charge in [-0.15, -0.1) is 0 Å². The average molecular weight is 325 g/mol. The first-order chi connectivity index (χ1) is 11.8. The minimum absolute atomic E-state index is 0.681. The van der Waals surface area contributed by atoms with Crippen LogP contribution in [0.5, 0.6) is 0 Å². The largest absolute Gasteiger partial charge is 0.216 e. The molecule has 2 heteroatoms. The van der Waals surface area contributed by atoms with Crippen molar-refractivity contribution in [3.8, 4) is 6.07 Å². The number of nitriles is 1. The van der Waals surface area contributed by atoms with Crippen molar-refractivity contribution in [3.63, 3.8) is 0 Å². The molecule has 0 N–H and O–H groups in total. The first-order valence-corrected chi connectivity index (χ1v) is 9.55. The zero-order chi connectivity index (χ0) is 16.8. The first kappa shape index (κ1) is 17.2. The molecule has 0 amide bonds. The summed E-state index contributed by atoms with van der Waals surface area (Å²) < 4.78 is 12.1. The van der Waals surface area contributed by atoms with Gasteiger partial charge in [0.15, 0.2) is 0 Å². The lowest BCUT2D eigenvalue weighted by molar-refractivity contribution is 0.160. The Morgan fingerprint density at radius 2 is 1.50 bits per heavy atom. The molecule has 2 saturated carbocycles. The van der Waals surface area contributed by atoms with Crippen molar-refractivity contribution in [2.45, 2.75) is 63.7 Å². The summed E-state index contributed by atoms with van der Waals surface area (Å²) in [6, 6.07) is 10.4. The summed E-state index contributed by atoms with van der Waals surface area (Å²) in [5.41, 5.74) is 2.17. The summed E-state index contributed by atoms with van der Waals surface area (Å²) in [4.78, 5) is 0. The van der Waals surface area contributed by atoms with Gasteiger partial charge >= 0.3 is 0 Å². The van der Waals surface area contributed by atoms with Gasteiger partial charge in [-0.05, 0) is 99.2 Å². The van der Waals surface area contributed by atoms with E-state index in [4.69, 9.17) is 5.26 Å². The topological polar surface area (TPSA) is 23.8 Å². The van der Waals surface area contributed by atoms with Gasteiger partial charge in [0, 0.05) is 0 Å². The Morgan fingerprint density at radius 3 is 2.04 bits per heavy atom. The molecule has 0 saturated heterocycles. The van der Waals surface area contributed by atoms with E-state index in [2.05, 4.69) is 18.2 Å². The molecule has 1 nitrogen and oxygen atoms in total. The SMILES string of the molecule is N#Cc1ccc([C@H]2CC[C@H]([C@H]3CC[C@H](C/C=C/F)CC3)CC2)cc1. The van der Waals surface area contributed by atoms with Crippen LogP contribution in [0.15, 0.2) is 36.7 Å². The molecule has 2 fully saturated rings. The van der Waals surface area contributed by atoms with E-state index < -0.39 is 0 Å². The molecule has 24 heavy (non-hydrogen) atoms. The number of hydrogen-bond donors (Lipinski definition) is 0. The summed E-state index contributed by atoms with van der Waals surface area (Å²) in [6.07, 6.45) is 13.9. The van der Waals surface area contributed by atoms with E-state index in [0.717, 1.165) is 23.8 Å². The highest BCUT2D eigenvalue weighted by Crippen LogP contribution is 2.44. The first-order valence-electron chi connectivity index (χ1n) is 9.55. The Morgan fingerprint density at radius 1 is 0.917 bits per heavy atom. The minimum atomic E-state index is 0.681. The van der Waals surface area contributed by atoms with Crippen LogP contribution in [0.3, 0.4) is 0 Å². The fourth-order valence-corrected chi connectivity index (χ4v) is 4.89. The van der Waals surface area contributed by atoms with Gasteiger partial charge in [0.25, 0.3) is 0 Å². The van der Waals surface area contributed by atoms with Gasteiger partial charge in [-0.1, -0.05) is 18.2 Å². The van der Waals surface area contributed by atoms with Crippen LogP contribution in [0.2, 0.25) is 0 Å². The second kappa shape index (κ2) is 8.47. The number of halogens is 1. The van der Waals surface area contributed by atoms with Crippen LogP contribution in [0.25, 0.3) is 0 Å². The molecule has 0 heterocycles. The van der Waals surface area contributed by atoms with Gasteiger partial charge in [-0.3, -0.25) is 0 Å². The van der Waals surface area contributed by atoms with Crippen LogP contribution in [-0.4, -0.2) is 0 Å². The Hall–Kier alpha value is -1.62. The highest BCUT2D eigenvalue weighted by atomic mass is 19.1. The zero-order valence-corrected chi connectivity index (χ0v) is 14.5. The quantitative estimate of drug-likeness (QED) is 0.619. The molecule has 0 spiro atoms. The van der Waals surface area contributed by atoms with Crippen LogP contribution < -0.4 is 0 Å². The molecule has 2 aliphatic carbocycles. The lowest BCUT2D eigenvalue weighted by Gasteiger charge is -2.38. The fourth-order valence-electron chi connectivity index (χ4n) is 4.89. The summed E-state index contributed by atoms with van der Waals surface area (Å²) in [6.45, 7) is 0. The maximum atomic E-state index is 12.1. The smallest absolute Gasteiger partial charge is 0.0991 e. The lowest BCUT2D eigenvalue weighted by Crippen LogP contribution is -2.25. The summed E-state index contributed by atoms with van der Waals surface area (Å²) in [5.74, 6) is 3.19. The minimum Gasteiger partial charge on any atom is -0.216 e. The third-order valence-electron chi connectivity index (χ3n) is 6.40. The Labute approximate surface area is 145 Å². The van der Waals surface area contributed by atoms with Gasteiger partial charge in [0.2, 0.25) is 0 Å². The van der Waals surface area contributed by atoms with Gasteiger partial charge in [0.05, 0.1) is 18.0 Å². The molecule has 0 aliphatic heterocycles. The van der Waals surface area contributed by atoms with Gasteiger partial charge in [0.1, 0.15) is 0 Å². The van der Waals surface area contributed by atoms with Crippen molar-refractivity contribution in [2.75, 3.05) is 0 Å². The van der Waals surface area contributed by atoms with E-state index in [9.17, 15) is 4.39 Å². The van der Waals surface area contributed by atoms with Crippen molar-refractivity contribution in [1.29, 1.82) is 5.26 Å². The van der Waals surface area contributed by atoms with Crippen LogP contribution in [0.1, 0.15) is 74.8 Å². The molecule has 0 aromatic heterocycles. The molecular weight excluding hydrogens is 297 g/mol. The third-order valence-corrected chi connectivity index (χ3v) is 6.40. The predicted octanol–water partition coefficient (Wildman–Crippen LogP) is 6.51. The molecule has 1 aromatic carbocycles. The normalized spacial score (nSPS) is 31.0. The number of hydrogen-bond acceptors (Lipinski definition) is 1. The molecule has 0 radical (unpaired) electrons. The van der Waals surface area contributed by atoms with Crippen LogP contribution >= 0.6 is 0 Å². The van der Waals surface area contributed by atoms with Crippen molar-refractivity contribution in [1.82, 2.24) is 0 Å². The van der Waals surface area contributed by atoms with Crippen LogP contribution in [0.4, 0.5) is 4.39 Å². The van der Waals surface area contributed by atoms with Gasteiger partial charge in [-0.25, -0.2) is 4.39 Å². The molecule has 0 bridgehead atoms. The molecule has 128 valence electrons. The molecular formula is C22H28FN. The average Bonchev–Trinajstić information content (AvgIpc) is 2.67. The molecule has 2 aliphatic rings. The molecule has 0 unspecified atom stereocenters. The highest BCUT2D eigenvalue weighted by molar-refractivity contribution is 5.33. The molecule has 3 rings (SSSR count). The maximum absolute atomic E-state index is 12.1. The standard InChI is InChI=1S/C22H28FN/c23-15-1-2-17-3-7-19(8-4-17)21-11-13-22(14-12-21)20-9-5-18(16-24)6-10-20/h1,5-6,9-10,15,17,19,21-22H,2-4,7-8,11-14H2/b15-1+/t17-,19-,21-,22-. The third kappa shape index (κ3) is 4.26.